The quantitative estimate of drug-likeness (QED) is 0.858. The van der Waals surface area contributed by atoms with Gasteiger partial charge in [0.1, 0.15) is 5.82 Å². The van der Waals surface area contributed by atoms with Crippen LogP contribution < -0.4 is 4.90 Å². The summed E-state index contributed by atoms with van der Waals surface area (Å²) in [7, 11) is 1.95. The maximum absolute atomic E-state index is 6.17. The molecule has 0 aliphatic rings. The molecule has 2 rings (SSSR count). The monoisotopic (exact) mass is 325 g/mol. The Hall–Kier alpha value is -1.13. The van der Waals surface area contributed by atoms with Gasteiger partial charge in [-0.3, -0.25) is 4.98 Å². The van der Waals surface area contributed by atoms with E-state index < -0.39 is 0 Å². The third-order valence-electron chi connectivity index (χ3n) is 2.50. The summed E-state index contributed by atoms with van der Waals surface area (Å²) < 4.78 is 0.873. The van der Waals surface area contributed by atoms with Gasteiger partial charge in [0.05, 0.1) is 17.3 Å². The van der Waals surface area contributed by atoms with E-state index in [9.17, 15) is 0 Å². The second-order valence-electron chi connectivity index (χ2n) is 4.09. The van der Waals surface area contributed by atoms with Gasteiger partial charge in [0.25, 0.3) is 0 Å². The zero-order valence-electron chi connectivity index (χ0n) is 10.2. The molecule has 0 aliphatic carbocycles. The molecule has 0 spiro atoms. The van der Waals surface area contributed by atoms with E-state index in [2.05, 4.69) is 25.9 Å². The van der Waals surface area contributed by atoms with Crippen molar-refractivity contribution in [2.75, 3.05) is 11.9 Å². The normalized spacial score (nSPS) is 10.4. The standard InChI is InChI=1S/C13H13BrClN3/c1-9-4-3-5-11(17-9)8-18(2)13-12(15)6-10(14)7-16-13/h3-7H,8H2,1-2H3. The van der Waals surface area contributed by atoms with Crippen molar-refractivity contribution in [3.8, 4) is 0 Å². The predicted octanol–water partition coefficient (Wildman–Crippen LogP) is 3.84. The van der Waals surface area contributed by atoms with Crippen LogP contribution in [0.5, 0.6) is 0 Å². The summed E-state index contributed by atoms with van der Waals surface area (Å²) >= 11 is 9.51. The molecule has 0 saturated carbocycles. The molecule has 18 heavy (non-hydrogen) atoms. The number of hydrogen-bond donors (Lipinski definition) is 0. The molecule has 0 fully saturated rings. The number of halogens is 2. The van der Waals surface area contributed by atoms with E-state index in [0.29, 0.717) is 11.6 Å². The van der Waals surface area contributed by atoms with Crippen LogP contribution in [0.25, 0.3) is 0 Å². The minimum Gasteiger partial charge on any atom is -0.353 e. The fourth-order valence-electron chi connectivity index (χ4n) is 1.69. The molecule has 0 saturated heterocycles. The summed E-state index contributed by atoms with van der Waals surface area (Å²) in [6, 6.07) is 7.82. The fraction of sp³-hybridized carbons (Fsp3) is 0.231. The molecular formula is C13H13BrClN3. The number of rotatable bonds is 3. The smallest absolute Gasteiger partial charge is 0.147 e. The van der Waals surface area contributed by atoms with E-state index >= 15 is 0 Å². The van der Waals surface area contributed by atoms with Gasteiger partial charge in [-0.1, -0.05) is 17.7 Å². The summed E-state index contributed by atoms with van der Waals surface area (Å²) in [5.41, 5.74) is 2.01. The van der Waals surface area contributed by atoms with Crippen LogP contribution in [0, 0.1) is 6.92 Å². The zero-order chi connectivity index (χ0) is 13.1. The van der Waals surface area contributed by atoms with Crippen molar-refractivity contribution >= 4 is 33.3 Å². The average molecular weight is 327 g/mol. The lowest BCUT2D eigenvalue weighted by molar-refractivity contribution is 0.859. The van der Waals surface area contributed by atoms with Crippen molar-refractivity contribution in [3.05, 3.63) is 51.3 Å². The van der Waals surface area contributed by atoms with Gasteiger partial charge in [-0.05, 0) is 41.1 Å². The molecule has 2 aromatic rings. The van der Waals surface area contributed by atoms with Gasteiger partial charge in [0.15, 0.2) is 0 Å². The molecule has 94 valence electrons. The lowest BCUT2D eigenvalue weighted by Crippen LogP contribution is -2.19. The van der Waals surface area contributed by atoms with E-state index in [1.165, 1.54) is 0 Å². The zero-order valence-corrected chi connectivity index (χ0v) is 12.5. The van der Waals surface area contributed by atoms with E-state index in [-0.39, 0.29) is 0 Å². The highest BCUT2D eigenvalue weighted by molar-refractivity contribution is 9.10. The first-order valence-corrected chi connectivity index (χ1v) is 6.68. The Kier molecular flexibility index (Phi) is 4.19. The summed E-state index contributed by atoms with van der Waals surface area (Å²) in [5, 5.41) is 0.625. The average Bonchev–Trinajstić information content (AvgIpc) is 2.28. The topological polar surface area (TPSA) is 29.0 Å². The van der Waals surface area contributed by atoms with Crippen LogP contribution in [-0.2, 0) is 6.54 Å². The van der Waals surface area contributed by atoms with Crippen LogP contribution >= 0.6 is 27.5 Å². The van der Waals surface area contributed by atoms with Crippen LogP contribution in [-0.4, -0.2) is 17.0 Å². The Balaban J connectivity index is 2.19. The van der Waals surface area contributed by atoms with Crippen LogP contribution in [0.15, 0.2) is 34.9 Å². The van der Waals surface area contributed by atoms with E-state index in [1.54, 1.807) is 6.20 Å². The number of aromatic nitrogens is 2. The molecule has 2 aromatic heterocycles. The highest BCUT2D eigenvalue weighted by atomic mass is 79.9. The lowest BCUT2D eigenvalue weighted by Gasteiger charge is -2.19. The van der Waals surface area contributed by atoms with Gasteiger partial charge < -0.3 is 4.90 Å². The SMILES string of the molecule is Cc1cccc(CN(C)c2ncc(Br)cc2Cl)n1. The third kappa shape index (κ3) is 3.21. The van der Waals surface area contributed by atoms with Crippen LogP contribution in [0.2, 0.25) is 5.02 Å². The molecule has 0 aromatic carbocycles. The molecule has 0 atom stereocenters. The first kappa shape index (κ1) is 13.3. The Bertz CT molecular complexity index is 560. The Morgan fingerprint density at radius 2 is 2.17 bits per heavy atom. The largest absolute Gasteiger partial charge is 0.353 e. The summed E-state index contributed by atoms with van der Waals surface area (Å²) in [6.07, 6.45) is 1.74. The number of aryl methyl sites for hydroxylation is 1. The van der Waals surface area contributed by atoms with E-state index in [4.69, 9.17) is 11.6 Å². The molecule has 0 aliphatic heterocycles. The van der Waals surface area contributed by atoms with Gasteiger partial charge in [0.2, 0.25) is 0 Å². The molecule has 0 bridgehead atoms. The molecular weight excluding hydrogens is 314 g/mol. The van der Waals surface area contributed by atoms with Crippen molar-refractivity contribution in [1.82, 2.24) is 9.97 Å². The lowest BCUT2D eigenvalue weighted by atomic mass is 10.3. The summed E-state index contributed by atoms with van der Waals surface area (Å²) in [6.45, 7) is 2.66. The molecule has 2 heterocycles. The van der Waals surface area contributed by atoms with Crippen molar-refractivity contribution in [1.29, 1.82) is 0 Å². The number of hydrogen-bond acceptors (Lipinski definition) is 3. The molecule has 3 nitrogen and oxygen atoms in total. The van der Waals surface area contributed by atoms with Crippen molar-refractivity contribution < 1.29 is 0 Å². The van der Waals surface area contributed by atoms with Gasteiger partial charge >= 0.3 is 0 Å². The molecule has 0 radical (unpaired) electrons. The summed E-state index contributed by atoms with van der Waals surface area (Å²) in [5.74, 6) is 0.753. The first-order valence-electron chi connectivity index (χ1n) is 5.51. The van der Waals surface area contributed by atoms with E-state index in [1.807, 2.05) is 43.1 Å². The number of pyridine rings is 2. The molecule has 0 N–H and O–H groups in total. The predicted molar refractivity (Wildman–Crippen MR) is 78.0 cm³/mol. The van der Waals surface area contributed by atoms with Crippen molar-refractivity contribution in [2.24, 2.45) is 0 Å². The summed E-state index contributed by atoms with van der Waals surface area (Å²) in [4.78, 5) is 10.8. The molecule has 0 unspecified atom stereocenters. The minimum atomic E-state index is 0.625. The van der Waals surface area contributed by atoms with E-state index in [0.717, 1.165) is 21.7 Å². The van der Waals surface area contributed by atoms with Crippen LogP contribution in [0.3, 0.4) is 0 Å². The highest BCUT2D eigenvalue weighted by Crippen LogP contribution is 2.26. The van der Waals surface area contributed by atoms with Crippen molar-refractivity contribution in [2.45, 2.75) is 13.5 Å². The Morgan fingerprint density at radius 1 is 1.39 bits per heavy atom. The van der Waals surface area contributed by atoms with Gasteiger partial charge in [-0.2, -0.15) is 0 Å². The van der Waals surface area contributed by atoms with Gasteiger partial charge in [0, 0.05) is 23.4 Å². The molecule has 0 amide bonds. The van der Waals surface area contributed by atoms with Crippen LogP contribution in [0.4, 0.5) is 5.82 Å². The van der Waals surface area contributed by atoms with Gasteiger partial charge in [-0.15, -0.1) is 0 Å². The number of anilines is 1. The second-order valence-corrected chi connectivity index (χ2v) is 5.41. The Morgan fingerprint density at radius 3 is 2.83 bits per heavy atom. The molecule has 5 heteroatoms. The van der Waals surface area contributed by atoms with Gasteiger partial charge in [-0.25, -0.2) is 4.98 Å². The maximum Gasteiger partial charge on any atom is 0.147 e. The highest BCUT2D eigenvalue weighted by Gasteiger charge is 2.09. The van der Waals surface area contributed by atoms with Crippen LogP contribution in [0.1, 0.15) is 11.4 Å². The third-order valence-corrected chi connectivity index (χ3v) is 3.21. The second kappa shape index (κ2) is 5.67. The first-order chi connectivity index (χ1) is 8.56. The fourth-order valence-corrected chi connectivity index (χ4v) is 2.47. The van der Waals surface area contributed by atoms with Crippen molar-refractivity contribution in [3.63, 3.8) is 0 Å². The Labute approximate surface area is 120 Å². The maximum atomic E-state index is 6.17. The number of nitrogens with zero attached hydrogens (tertiary/aromatic N) is 3. The minimum absolute atomic E-state index is 0.625.